The largest absolute Gasteiger partial charge is 0.337 e. The lowest BCUT2D eigenvalue weighted by atomic mass is 10.0. The fourth-order valence-electron chi connectivity index (χ4n) is 4.09. The van der Waals surface area contributed by atoms with Gasteiger partial charge in [0.15, 0.2) is 0 Å². The molecule has 3 aromatic heterocycles. The molecule has 6 rings (SSSR count). The Labute approximate surface area is 171 Å². The van der Waals surface area contributed by atoms with Crippen molar-refractivity contribution in [2.24, 2.45) is 5.92 Å². The van der Waals surface area contributed by atoms with Gasteiger partial charge in [0.25, 0.3) is 0 Å². The molecule has 4 heterocycles. The van der Waals surface area contributed by atoms with Gasteiger partial charge in [0.05, 0.1) is 28.1 Å². The van der Waals surface area contributed by atoms with Gasteiger partial charge < -0.3 is 10.2 Å². The number of benzene rings is 1. The highest BCUT2D eigenvalue weighted by Crippen LogP contribution is 2.36. The van der Waals surface area contributed by atoms with Crippen LogP contribution in [0, 0.1) is 5.92 Å². The van der Waals surface area contributed by atoms with Gasteiger partial charge in [-0.15, -0.1) is 21.5 Å². The maximum atomic E-state index is 4.65. The van der Waals surface area contributed by atoms with E-state index in [1.165, 1.54) is 12.8 Å². The Morgan fingerprint density at radius 2 is 2.00 bits per heavy atom. The predicted octanol–water partition coefficient (Wildman–Crippen LogP) is 2.73. The summed E-state index contributed by atoms with van der Waals surface area (Å²) in [6, 6.07) is 4.69. The van der Waals surface area contributed by atoms with E-state index in [4.69, 9.17) is 0 Å². The van der Waals surface area contributed by atoms with E-state index in [1.807, 2.05) is 24.1 Å². The minimum absolute atomic E-state index is 0.555. The molecular formula is C20H20N8S. The summed E-state index contributed by atoms with van der Waals surface area (Å²) in [4.78, 5) is 11.5. The smallest absolute Gasteiger partial charge is 0.245 e. The van der Waals surface area contributed by atoms with Gasteiger partial charge in [-0.25, -0.2) is 9.97 Å². The zero-order chi connectivity index (χ0) is 19.2. The molecule has 4 aromatic rings. The van der Waals surface area contributed by atoms with Gasteiger partial charge in [-0.2, -0.15) is 5.10 Å². The number of aromatic amines is 1. The molecule has 1 saturated carbocycles. The number of nitrogens with one attached hydrogen (secondary N) is 2. The van der Waals surface area contributed by atoms with E-state index in [-0.39, 0.29) is 0 Å². The first-order valence-electron chi connectivity index (χ1n) is 9.90. The van der Waals surface area contributed by atoms with E-state index in [0.29, 0.717) is 6.04 Å². The molecule has 0 amide bonds. The van der Waals surface area contributed by atoms with Gasteiger partial charge >= 0.3 is 0 Å². The minimum atomic E-state index is 0.555. The molecule has 8 nitrogen and oxygen atoms in total. The fourth-order valence-corrected chi connectivity index (χ4v) is 4.93. The summed E-state index contributed by atoms with van der Waals surface area (Å²) in [6.07, 6.45) is 8.20. The first kappa shape index (κ1) is 17.0. The van der Waals surface area contributed by atoms with E-state index < -0.39 is 0 Å². The van der Waals surface area contributed by atoms with Crippen molar-refractivity contribution in [2.75, 3.05) is 24.5 Å². The van der Waals surface area contributed by atoms with Crippen LogP contribution in [0.2, 0.25) is 0 Å². The number of fused-ring (bicyclic) bond motifs is 1. The van der Waals surface area contributed by atoms with E-state index in [0.717, 1.165) is 64.1 Å². The maximum Gasteiger partial charge on any atom is 0.245 e. The van der Waals surface area contributed by atoms with Crippen LogP contribution in [0.15, 0.2) is 36.2 Å². The molecule has 2 aliphatic rings. The summed E-state index contributed by atoms with van der Waals surface area (Å²) in [5.41, 5.74) is 6.69. The summed E-state index contributed by atoms with van der Waals surface area (Å²) in [5.74, 6) is 1.54. The molecule has 1 aromatic carbocycles. The molecule has 9 heteroatoms. The standard InChI is InChI=1S/C20H20N8S/c1-2-12(1)17-10-28(6-5-21-17)20-22-9-16(26-27-20)15-4-3-14(13-7-24-25-8-13)18-19(15)29-11-23-18/h3-4,7-9,11-12,17,21H,1-2,5-6,10H2,(H,24,25)/t17-/m1/s1. The number of piperazine rings is 1. The average Bonchev–Trinajstić information content (AvgIpc) is 3.26. The molecular weight excluding hydrogens is 384 g/mol. The molecule has 1 atom stereocenters. The SMILES string of the molecule is c1nc2c(-c3cn[nH]c3)ccc(-c3cnc(N4CCN[C@@H](C5CC5)C4)nn3)c2s1. The fraction of sp³-hybridized carbons (Fsp3) is 0.350. The van der Waals surface area contributed by atoms with Crippen molar-refractivity contribution in [1.29, 1.82) is 0 Å². The molecule has 0 spiro atoms. The van der Waals surface area contributed by atoms with Crippen molar-refractivity contribution in [3.63, 3.8) is 0 Å². The van der Waals surface area contributed by atoms with Crippen LogP contribution >= 0.6 is 11.3 Å². The molecule has 0 bridgehead atoms. The van der Waals surface area contributed by atoms with Crippen LogP contribution in [-0.2, 0) is 0 Å². The molecule has 1 aliphatic heterocycles. The summed E-state index contributed by atoms with van der Waals surface area (Å²) in [7, 11) is 0. The summed E-state index contributed by atoms with van der Waals surface area (Å²) < 4.78 is 1.09. The van der Waals surface area contributed by atoms with Crippen molar-refractivity contribution in [3.05, 3.63) is 36.2 Å². The van der Waals surface area contributed by atoms with Gasteiger partial charge in [0.2, 0.25) is 5.95 Å². The van der Waals surface area contributed by atoms with Crippen LogP contribution in [0.25, 0.3) is 32.6 Å². The highest BCUT2D eigenvalue weighted by Gasteiger charge is 2.34. The molecule has 0 unspecified atom stereocenters. The number of hydrogen-bond donors (Lipinski definition) is 2. The minimum Gasteiger partial charge on any atom is -0.337 e. The second-order valence-electron chi connectivity index (χ2n) is 7.67. The number of thiazole rings is 1. The Morgan fingerprint density at radius 1 is 1.07 bits per heavy atom. The van der Waals surface area contributed by atoms with E-state index in [1.54, 1.807) is 11.3 Å². The quantitative estimate of drug-likeness (QED) is 0.540. The third kappa shape index (κ3) is 3.06. The average molecular weight is 405 g/mol. The first-order valence-corrected chi connectivity index (χ1v) is 10.8. The van der Waals surface area contributed by atoms with Gasteiger partial charge in [-0.3, -0.25) is 5.10 Å². The Balaban J connectivity index is 1.31. The van der Waals surface area contributed by atoms with Crippen molar-refractivity contribution in [2.45, 2.75) is 18.9 Å². The lowest BCUT2D eigenvalue weighted by molar-refractivity contribution is 0.414. The van der Waals surface area contributed by atoms with Crippen molar-refractivity contribution in [3.8, 4) is 22.4 Å². The molecule has 0 radical (unpaired) electrons. The summed E-state index contributed by atoms with van der Waals surface area (Å²) in [6.45, 7) is 2.86. The molecule has 2 fully saturated rings. The summed E-state index contributed by atoms with van der Waals surface area (Å²) in [5, 5.41) is 19.5. The number of rotatable bonds is 4. The van der Waals surface area contributed by atoms with Crippen LogP contribution in [0.5, 0.6) is 0 Å². The monoisotopic (exact) mass is 404 g/mol. The molecule has 2 N–H and O–H groups in total. The number of hydrogen-bond acceptors (Lipinski definition) is 8. The van der Waals surface area contributed by atoms with Crippen molar-refractivity contribution in [1.82, 2.24) is 35.7 Å². The van der Waals surface area contributed by atoms with Crippen LogP contribution in [-0.4, -0.2) is 56.0 Å². The number of aromatic nitrogens is 6. The van der Waals surface area contributed by atoms with Crippen molar-refractivity contribution < 1.29 is 0 Å². The molecule has 1 aliphatic carbocycles. The molecule has 29 heavy (non-hydrogen) atoms. The van der Waals surface area contributed by atoms with E-state index in [9.17, 15) is 0 Å². The number of anilines is 1. The van der Waals surface area contributed by atoms with Gasteiger partial charge in [-0.1, -0.05) is 12.1 Å². The second kappa shape index (κ2) is 6.85. The zero-order valence-electron chi connectivity index (χ0n) is 15.7. The summed E-state index contributed by atoms with van der Waals surface area (Å²) >= 11 is 1.61. The number of nitrogens with zero attached hydrogens (tertiary/aromatic N) is 6. The Bertz CT molecular complexity index is 1130. The topological polar surface area (TPSA) is 95.5 Å². The third-order valence-corrected chi connectivity index (χ3v) is 6.66. The Kier molecular flexibility index (Phi) is 4.02. The van der Waals surface area contributed by atoms with Gasteiger partial charge in [0.1, 0.15) is 5.69 Å². The highest BCUT2D eigenvalue weighted by molar-refractivity contribution is 7.17. The third-order valence-electron chi connectivity index (χ3n) is 5.80. The first-order chi connectivity index (χ1) is 14.4. The van der Waals surface area contributed by atoms with Gasteiger partial charge in [0, 0.05) is 48.6 Å². The van der Waals surface area contributed by atoms with E-state index >= 15 is 0 Å². The van der Waals surface area contributed by atoms with E-state index in [2.05, 4.69) is 52.7 Å². The lowest BCUT2D eigenvalue weighted by Gasteiger charge is -2.33. The van der Waals surface area contributed by atoms with Crippen molar-refractivity contribution >= 4 is 27.5 Å². The second-order valence-corrected chi connectivity index (χ2v) is 8.52. The predicted molar refractivity (Wildman–Crippen MR) is 113 cm³/mol. The highest BCUT2D eigenvalue weighted by atomic mass is 32.1. The maximum absolute atomic E-state index is 4.65. The lowest BCUT2D eigenvalue weighted by Crippen LogP contribution is -2.52. The zero-order valence-corrected chi connectivity index (χ0v) is 16.6. The Hall–Kier alpha value is -2.91. The van der Waals surface area contributed by atoms with Crippen LogP contribution < -0.4 is 10.2 Å². The molecule has 1 saturated heterocycles. The van der Waals surface area contributed by atoms with Crippen LogP contribution in [0.3, 0.4) is 0 Å². The molecule has 146 valence electrons. The number of H-pyrrole nitrogens is 1. The Morgan fingerprint density at radius 3 is 2.79 bits per heavy atom. The van der Waals surface area contributed by atoms with Crippen LogP contribution in [0.4, 0.5) is 5.95 Å². The van der Waals surface area contributed by atoms with Crippen LogP contribution in [0.1, 0.15) is 12.8 Å². The van der Waals surface area contributed by atoms with Gasteiger partial charge in [-0.05, 0) is 18.8 Å². The normalized spacial score (nSPS) is 19.7.